The van der Waals surface area contributed by atoms with E-state index in [4.69, 9.17) is 4.74 Å². The Bertz CT molecular complexity index is 801. The molecule has 2 aromatic rings. The molecule has 2 heterocycles. The summed E-state index contributed by atoms with van der Waals surface area (Å²) in [5.41, 5.74) is -0.450. The number of aliphatic hydroxyl groups is 1. The SMILES string of the molecule is OC(c1c(F)c(C(F)F)c(Br)c2cnn(C3CCCCO3)c12)C1CC1. The van der Waals surface area contributed by atoms with Gasteiger partial charge < -0.3 is 9.84 Å². The second kappa shape index (κ2) is 6.55. The summed E-state index contributed by atoms with van der Waals surface area (Å²) in [6.45, 7) is 0.575. The number of nitrogens with zero attached hydrogens (tertiary/aromatic N) is 2. The number of aliphatic hydroxyl groups excluding tert-OH is 1. The Hall–Kier alpha value is -1.12. The molecule has 1 aliphatic heterocycles. The van der Waals surface area contributed by atoms with Crippen LogP contribution in [0.5, 0.6) is 0 Å². The van der Waals surface area contributed by atoms with Gasteiger partial charge in [0.15, 0.2) is 6.23 Å². The molecule has 1 saturated carbocycles. The number of ether oxygens (including phenoxy) is 1. The third-order valence-corrected chi connectivity index (χ3v) is 5.86. The normalized spacial score (nSPS) is 22.7. The number of hydrogen-bond donors (Lipinski definition) is 1. The molecule has 0 bridgehead atoms. The van der Waals surface area contributed by atoms with Gasteiger partial charge >= 0.3 is 0 Å². The maximum Gasteiger partial charge on any atom is 0.267 e. The Morgan fingerprint density at radius 1 is 1.24 bits per heavy atom. The van der Waals surface area contributed by atoms with Crippen molar-refractivity contribution in [2.75, 3.05) is 6.61 Å². The summed E-state index contributed by atoms with van der Waals surface area (Å²) < 4.78 is 49.2. The zero-order valence-electron chi connectivity index (χ0n) is 13.4. The van der Waals surface area contributed by atoms with Gasteiger partial charge in [0.1, 0.15) is 5.82 Å². The van der Waals surface area contributed by atoms with Crippen molar-refractivity contribution < 1.29 is 23.0 Å². The first-order valence-electron chi connectivity index (χ1n) is 8.46. The van der Waals surface area contributed by atoms with E-state index < -0.39 is 23.9 Å². The third kappa shape index (κ3) is 2.88. The van der Waals surface area contributed by atoms with Gasteiger partial charge in [0.2, 0.25) is 0 Å². The van der Waals surface area contributed by atoms with E-state index in [0.29, 0.717) is 23.9 Å². The van der Waals surface area contributed by atoms with E-state index in [2.05, 4.69) is 21.0 Å². The number of halogens is 4. The summed E-state index contributed by atoms with van der Waals surface area (Å²) in [7, 11) is 0. The van der Waals surface area contributed by atoms with E-state index in [1.165, 1.54) is 6.20 Å². The minimum Gasteiger partial charge on any atom is -0.388 e. The van der Waals surface area contributed by atoms with Crippen molar-refractivity contribution in [2.45, 2.75) is 50.9 Å². The van der Waals surface area contributed by atoms with E-state index in [-0.39, 0.29) is 22.2 Å². The molecule has 2 aliphatic rings. The Morgan fingerprint density at radius 3 is 2.60 bits per heavy atom. The van der Waals surface area contributed by atoms with Gasteiger partial charge in [-0.05, 0) is 54.0 Å². The summed E-state index contributed by atoms with van der Waals surface area (Å²) in [6.07, 6.45) is 1.08. The van der Waals surface area contributed by atoms with Crippen LogP contribution in [-0.2, 0) is 4.74 Å². The molecule has 8 heteroatoms. The quantitative estimate of drug-likeness (QED) is 0.758. The Morgan fingerprint density at radius 2 is 2.00 bits per heavy atom. The molecule has 4 nitrogen and oxygen atoms in total. The highest BCUT2D eigenvalue weighted by Gasteiger charge is 2.38. The van der Waals surface area contributed by atoms with Crippen molar-refractivity contribution in [1.82, 2.24) is 9.78 Å². The highest BCUT2D eigenvalue weighted by molar-refractivity contribution is 9.10. The van der Waals surface area contributed by atoms with E-state index in [1.54, 1.807) is 4.68 Å². The van der Waals surface area contributed by atoms with Gasteiger partial charge in [-0.3, -0.25) is 0 Å². The highest BCUT2D eigenvalue weighted by Crippen LogP contribution is 2.48. The Kier molecular flexibility index (Phi) is 4.54. The maximum atomic E-state index is 15.0. The first-order chi connectivity index (χ1) is 12.0. The van der Waals surface area contributed by atoms with Gasteiger partial charge in [-0.15, -0.1) is 0 Å². The average molecular weight is 419 g/mol. The van der Waals surface area contributed by atoms with Crippen LogP contribution in [0.25, 0.3) is 10.9 Å². The summed E-state index contributed by atoms with van der Waals surface area (Å²) in [5, 5.41) is 15.3. The second-order valence-corrected chi connectivity index (χ2v) is 7.50. The highest BCUT2D eigenvalue weighted by atomic mass is 79.9. The van der Waals surface area contributed by atoms with Crippen LogP contribution >= 0.6 is 15.9 Å². The number of alkyl halides is 2. The number of benzene rings is 1. The molecule has 1 aromatic carbocycles. The molecule has 0 spiro atoms. The van der Waals surface area contributed by atoms with Crippen LogP contribution in [0.1, 0.15) is 62.0 Å². The lowest BCUT2D eigenvalue weighted by molar-refractivity contribution is -0.0369. The molecule has 0 radical (unpaired) electrons. The van der Waals surface area contributed by atoms with Gasteiger partial charge in [0, 0.05) is 22.0 Å². The van der Waals surface area contributed by atoms with Gasteiger partial charge in [0.05, 0.1) is 23.4 Å². The molecule has 1 saturated heterocycles. The number of aromatic nitrogens is 2. The molecule has 4 rings (SSSR count). The van der Waals surface area contributed by atoms with Crippen LogP contribution in [0.3, 0.4) is 0 Å². The van der Waals surface area contributed by atoms with Crippen molar-refractivity contribution in [3.8, 4) is 0 Å². The fourth-order valence-electron chi connectivity index (χ4n) is 3.53. The van der Waals surface area contributed by atoms with E-state index in [0.717, 1.165) is 25.7 Å². The largest absolute Gasteiger partial charge is 0.388 e. The van der Waals surface area contributed by atoms with Gasteiger partial charge in [0.25, 0.3) is 6.43 Å². The third-order valence-electron chi connectivity index (χ3n) is 5.01. The van der Waals surface area contributed by atoms with E-state index in [1.807, 2.05) is 0 Å². The molecule has 25 heavy (non-hydrogen) atoms. The van der Waals surface area contributed by atoms with Crippen molar-refractivity contribution in [2.24, 2.45) is 5.92 Å². The molecule has 2 atom stereocenters. The number of hydrogen-bond acceptors (Lipinski definition) is 3. The molecule has 136 valence electrons. The van der Waals surface area contributed by atoms with Gasteiger partial charge in [-0.25, -0.2) is 17.9 Å². The summed E-state index contributed by atoms with van der Waals surface area (Å²) in [5.74, 6) is -1.15. The standard InChI is InChI=1S/C17H18BrF3N2O2/c18-13-9-7-22-23(10-3-1-2-6-25-10)15(9)12(16(24)8-4-5-8)14(19)11(13)17(20)21/h7-8,10,16-17,24H,1-6H2. The Balaban J connectivity index is 1.97. The lowest BCUT2D eigenvalue weighted by Gasteiger charge is -2.25. The van der Waals surface area contributed by atoms with Crippen LogP contribution in [0.2, 0.25) is 0 Å². The molecular formula is C17H18BrF3N2O2. The lowest BCUT2D eigenvalue weighted by Crippen LogP contribution is -2.20. The first kappa shape index (κ1) is 17.3. The van der Waals surface area contributed by atoms with Crippen molar-refractivity contribution in [1.29, 1.82) is 0 Å². The van der Waals surface area contributed by atoms with Crippen molar-refractivity contribution >= 4 is 26.8 Å². The topological polar surface area (TPSA) is 47.3 Å². The molecule has 1 aromatic heterocycles. The van der Waals surface area contributed by atoms with Crippen LogP contribution < -0.4 is 0 Å². The molecule has 0 amide bonds. The minimum absolute atomic E-state index is 0.0104. The Labute approximate surface area is 151 Å². The number of fused-ring (bicyclic) bond motifs is 1. The monoisotopic (exact) mass is 418 g/mol. The van der Waals surface area contributed by atoms with Crippen LogP contribution in [0.4, 0.5) is 13.2 Å². The second-order valence-electron chi connectivity index (χ2n) is 6.71. The molecule has 1 aliphatic carbocycles. The van der Waals surface area contributed by atoms with E-state index >= 15 is 4.39 Å². The van der Waals surface area contributed by atoms with Crippen molar-refractivity contribution in [3.05, 3.63) is 27.6 Å². The average Bonchev–Trinajstić information content (AvgIpc) is 3.35. The minimum atomic E-state index is -2.99. The fourth-order valence-corrected chi connectivity index (χ4v) is 4.16. The molecule has 2 unspecified atom stereocenters. The van der Waals surface area contributed by atoms with Gasteiger partial charge in [-0.2, -0.15) is 5.10 Å². The van der Waals surface area contributed by atoms with Crippen LogP contribution in [0, 0.1) is 11.7 Å². The summed E-state index contributed by atoms with van der Waals surface area (Å²) in [4.78, 5) is 0. The van der Waals surface area contributed by atoms with Crippen LogP contribution in [-0.4, -0.2) is 21.5 Å². The smallest absolute Gasteiger partial charge is 0.267 e. The fraction of sp³-hybridized carbons (Fsp3) is 0.588. The summed E-state index contributed by atoms with van der Waals surface area (Å²) >= 11 is 3.11. The van der Waals surface area contributed by atoms with Crippen molar-refractivity contribution in [3.63, 3.8) is 0 Å². The van der Waals surface area contributed by atoms with Gasteiger partial charge in [-0.1, -0.05) is 0 Å². The lowest BCUT2D eigenvalue weighted by atomic mass is 9.98. The predicted molar refractivity (Wildman–Crippen MR) is 88.9 cm³/mol. The molecule has 1 N–H and O–H groups in total. The maximum absolute atomic E-state index is 15.0. The van der Waals surface area contributed by atoms with Crippen LogP contribution in [0.15, 0.2) is 10.7 Å². The number of rotatable bonds is 4. The molecular weight excluding hydrogens is 401 g/mol. The molecule has 2 fully saturated rings. The first-order valence-corrected chi connectivity index (χ1v) is 9.25. The zero-order chi connectivity index (χ0) is 17.7. The predicted octanol–water partition coefficient (Wildman–Crippen LogP) is 5.02. The zero-order valence-corrected chi connectivity index (χ0v) is 15.0. The van der Waals surface area contributed by atoms with E-state index in [9.17, 15) is 13.9 Å². The summed E-state index contributed by atoms with van der Waals surface area (Å²) in [6, 6.07) is 0.